The molecule has 5 aliphatic rings. The number of benzene rings is 7. The van der Waals surface area contributed by atoms with E-state index >= 15 is 0 Å². The van der Waals surface area contributed by atoms with Gasteiger partial charge in [0.05, 0.1) is 5.69 Å². The van der Waals surface area contributed by atoms with Crippen LogP contribution in [0.1, 0.15) is 164 Å². The second-order valence-electron chi connectivity index (χ2n) is 26.0. The van der Waals surface area contributed by atoms with Crippen LogP contribution in [0.5, 0.6) is 0 Å². The number of hydrogen-bond acceptors (Lipinski definition) is 2. The van der Waals surface area contributed by atoms with Gasteiger partial charge >= 0.3 is 0 Å². The van der Waals surface area contributed by atoms with Crippen molar-refractivity contribution in [3.8, 4) is 22.3 Å². The average molecular weight is 920 g/mol. The molecule has 2 nitrogen and oxygen atoms in total. The van der Waals surface area contributed by atoms with E-state index in [0.717, 1.165) is 65.0 Å². The predicted molar refractivity (Wildman–Crippen MR) is 302 cm³/mol. The standard InChI is InChI=1S/C67H73BN2/c1-15-42-31-59-61-60(32-42)70(56-36-51-47(30-41(56)2)64(7,8)39-66(51,11)12)58-37-50-48(62(3,4)28-29-63(50,5)6)34-53(58)68(61)54-35-49-52(67(13,14)40-65(49,9)10)38-57(54)69(59)55-27-26-45(43-22-18-16-19-23-43)33-46(55)44-24-20-17-21-25-44/h16-27,30-38H,15,28-29,39-40H2,1-14H3/i1D3. The number of anilines is 6. The van der Waals surface area contributed by atoms with Crippen LogP contribution in [0.2, 0.25) is 0 Å². The van der Waals surface area contributed by atoms with Crippen LogP contribution in [0.4, 0.5) is 34.1 Å². The molecule has 0 aromatic heterocycles. The maximum absolute atomic E-state index is 8.86. The molecule has 7 aromatic rings. The van der Waals surface area contributed by atoms with Crippen molar-refractivity contribution >= 4 is 57.2 Å². The third-order valence-corrected chi connectivity index (χ3v) is 18.1. The van der Waals surface area contributed by atoms with Crippen molar-refractivity contribution < 1.29 is 4.11 Å². The smallest absolute Gasteiger partial charge is 0.252 e. The molecule has 0 N–H and O–H groups in total. The monoisotopic (exact) mass is 920 g/mol. The zero-order valence-corrected chi connectivity index (χ0v) is 44.1. The third-order valence-electron chi connectivity index (χ3n) is 18.1. The fourth-order valence-electron chi connectivity index (χ4n) is 14.9. The molecule has 0 fully saturated rings. The minimum Gasteiger partial charge on any atom is -0.311 e. The van der Waals surface area contributed by atoms with Crippen LogP contribution >= 0.6 is 0 Å². The molecule has 3 heteroatoms. The van der Waals surface area contributed by atoms with Crippen LogP contribution < -0.4 is 26.2 Å². The SMILES string of the molecule is [2H]C([2H])([2H])Cc1cc2c3c(c1)N(c1ccc(-c4ccccc4)cc1-c1ccccc1)c1cc4c(cc1B3c1cc3c(cc1N2c1cc2c(cc1C)C(C)(C)CC2(C)C)C(C)(C)CCC3(C)C)C(C)(C)CC4(C)C. The minimum absolute atomic E-state index is 0.0188. The van der Waals surface area contributed by atoms with Gasteiger partial charge in [0.25, 0.3) is 6.71 Å². The highest BCUT2D eigenvalue weighted by molar-refractivity contribution is 7.00. The van der Waals surface area contributed by atoms with Crippen molar-refractivity contribution in [1.82, 2.24) is 0 Å². The molecule has 3 aliphatic carbocycles. The molecule has 70 heavy (non-hydrogen) atoms. The number of nitrogens with zero attached hydrogens (tertiary/aromatic N) is 2. The summed E-state index contributed by atoms with van der Waals surface area (Å²) in [6.07, 6.45) is 4.32. The zero-order chi connectivity index (χ0) is 51.7. The molecule has 0 saturated carbocycles. The van der Waals surface area contributed by atoms with Crippen molar-refractivity contribution in [3.63, 3.8) is 0 Å². The highest BCUT2D eigenvalue weighted by Crippen LogP contribution is 2.57. The summed E-state index contributed by atoms with van der Waals surface area (Å²) in [5.74, 6) is 0. The summed E-state index contributed by atoms with van der Waals surface area (Å²) in [6, 6.07) is 48.6. The Morgan fingerprint density at radius 3 is 1.40 bits per heavy atom. The van der Waals surface area contributed by atoms with E-state index in [2.05, 4.69) is 227 Å². The Kier molecular flexibility index (Phi) is 8.91. The van der Waals surface area contributed by atoms with E-state index in [-0.39, 0.29) is 45.6 Å². The lowest BCUT2D eigenvalue weighted by atomic mass is 9.32. The fraction of sp³-hybridized carbons (Fsp3) is 0.373. The first kappa shape index (κ1) is 41.9. The normalized spacial score (nSPS) is 20.5. The Hall–Kier alpha value is -5.80. The van der Waals surface area contributed by atoms with Gasteiger partial charge in [-0.2, -0.15) is 0 Å². The van der Waals surface area contributed by atoms with Crippen molar-refractivity contribution in [2.24, 2.45) is 0 Å². The van der Waals surface area contributed by atoms with Gasteiger partial charge in [0, 0.05) is 38.1 Å². The van der Waals surface area contributed by atoms with Gasteiger partial charge in [-0.25, -0.2) is 0 Å². The van der Waals surface area contributed by atoms with Gasteiger partial charge < -0.3 is 9.80 Å². The largest absolute Gasteiger partial charge is 0.311 e. The van der Waals surface area contributed by atoms with E-state index in [0.29, 0.717) is 0 Å². The van der Waals surface area contributed by atoms with Crippen LogP contribution in [0.15, 0.2) is 127 Å². The van der Waals surface area contributed by atoms with Gasteiger partial charge in [0.2, 0.25) is 0 Å². The Morgan fingerprint density at radius 1 is 0.429 bits per heavy atom. The first-order chi connectivity index (χ1) is 34.2. The van der Waals surface area contributed by atoms with Crippen LogP contribution in [-0.4, -0.2) is 6.71 Å². The lowest BCUT2D eigenvalue weighted by molar-refractivity contribution is 0.332. The molecule has 7 aromatic carbocycles. The minimum atomic E-state index is -2.19. The zero-order valence-electron chi connectivity index (χ0n) is 47.1. The Bertz CT molecular complexity index is 3450. The number of hydrogen-bond donors (Lipinski definition) is 0. The molecule has 2 aliphatic heterocycles. The summed E-state index contributed by atoms with van der Waals surface area (Å²) in [7, 11) is 0. The number of aryl methyl sites for hydroxylation is 2. The van der Waals surface area contributed by atoms with Gasteiger partial charge in [-0.3, -0.25) is 0 Å². The average Bonchev–Trinajstić information content (AvgIpc) is 3.62. The van der Waals surface area contributed by atoms with Crippen molar-refractivity contribution in [2.45, 2.75) is 161 Å². The highest BCUT2D eigenvalue weighted by Gasteiger charge is 2.51. The van der Waals surface area contributed by atoms with Crippen LogP contribution in [0, 0.1) is 6.92 Å². The number of fused-ring (bicyclic) bond motifs is 7. The van der Waals surface area contributed by atoms with E-state index in [1.165, 1.54) is 78.0 Å². The fourth-order valence-corrected chi connectivity index (χ4v) is 14.9. The third kappa shape index (κ3) is 6.58. The van der Waals surface area contributed by atoms with Crippen molar-refractivity contribution in [3.05, 3.63) is 172 Å². The van der Waals surface area contributed by atoms with Gasteiger partial charge in [0.15, 0.2) is 0 Å². The second kappa shape index (κ2) is 14.9. The van der Waals surface area contributed by atoms with Gasteiger partial charge in [0.1, 0.15) is 0 Å². The summed E-state index contributed by atoms with van der Waals surface area (Å²) in [4.78, 5) is 5.16. The molecule has 0 radical (unpaired) electrons. The van der Waals surface area contributed by atoms with E-state index in [1.807, 2.05) is 0 Å². The first-order valence-corrected chi connectivity index (χ1v) is 26.2. The molecule has 354 valence electrons. The quantitative estimate of drug-likeness (QED) is 0.159. The van der Waals surface area contributed by atoms with Gasteiger partial charge in [-0.05, 0) is 192 Å². The molecule has 2 heterocycles. The molecular formula is C67H73BN2. The van der Waals surface area contributed by atoms with Crippen LogP contribution in [0.3, 0.4) is 0 Å². The Morgan fingerprint density at radius 2 is 0.871 bits per heavy atom. The second-order valence-corrected chi connectivity index (χ2v) is 26.0. The molecule has 0 bridgehead atoms. The summed E-state index contributed by atoms with van der Waals surface area (Å²) in [6.45, 7) is 29.2. The van der Waals surface area contributed by atoms with Gasteiger partial charge in [-0.15, -0.1) is 0 Å². The Labute approximate surface area is 424 Å². The maximum atomic E-state index is 8.86. The lowest BCUT2D eigenvalue weighted by Gasteiger charge is -2.48. The van der Waals surface area contributed by atoms with Crippen LogP contribution in [-0.2, 0) is 38.9 Å². The topological polar surface area (TPSA) is 6.48 Å². The summed E-state index contributed by atoms with van der Waals surface area (Å²) < 4.78 is 26.6. The molecule has 12 rings (SSSR count). The van der Waals surface area contributed by atoms with E-state index < -0.39 is 6.85 Å². The molecule has 0 saturated heterocycles. The van der Waals surface area contributed by atoms with Gasteiger partial charge in [-0.1, -0.05) is 175 Å². The van der Waals surface area contributed by atoms with Crippen molar-refractivity contribution in [2.75, 3.05) is 9.80 Å². The summed E-state index contributed by atoms with van der Waals surface area (Å²) in [5.41, 5.74) is 25.8. The van der Waals surface area contributed by atoms with E-state index in [1.54, 1.807) is 0 Å². The predicted octanol–water partition coefficient (Wildman–Crippen LogP) is 16.2. The number of rotatable bonds is 5. The molecule has 0 atom stereocenters. The Balaban J connectivity index is 1.25. The van der Waals surface area contributed by atoms with Crippen molar-refractivity contribution in [1.29, 1.82) is 0 Å². The molecular weight excluding hydrogens is 844 g/mol. The van der Waals surface area contributed by atoms with E-state index in [4.69, 9.17) is 4.11 Å². The molecule has 0 spiro atoms. The lowest BCUT2D eigenvalue weighted by Crippen LogP contribution is -2.62. The summed E-state index contributed by atoms with van der Waals surface area (Å²) in [5, 5.41) is 0. The first-order valence-electron chi connectivity index (χ1n) is 27.7. The molecule has 0 amide bonds. The molecule has 0 unspecified atom stereocenters. The summed E-state index contributed by atoms with van der Waals surface area (Å²) >= 11 is 0. The maximum Gasteiger partial charge on any atom is 0.252 e. The highest BCUT2D eigenvalue weighted by atomic mass is 15.2. The van der Waals surface area contributed by atoms with Crippen LogP contribution in [0.25, 0.3) is 22.3 Å². The van der Waals surface area contributed by atoms with E-state index in [9.17, 15) is 0 Å².